The van der Waals surface area contributed by atoms with E-state index in [0.29, 0.717) is 10.9 Å². The van der Waals surface area contributed by atoms with Crippen LogP contribution >= 0.6 is 11.6 Å². The van der Waals surface area contributed by atoms with Crippen LogP contribution in [0.2, 0.25) is 5.02 Å². The fourth-order valence-corrected chi connectivity index (χ4v) is 2.08. The van der Waals surface area contributed by atoms with Gasteiger partial charge < -0.3 is 4.74 Å². The van der Waals surface area contributed by atoms with Crippen LogP contribution in [0.3, 0.4) is 0 Å². The van der Waals surface area contributed by atoms with E-state index in [-0.39, 0.29) is 0 Å². The van der Waals surface area contributed by atoms with Crippen molar-refractivity contribution in [1.82, 2.24) is 0 Å². The van der Waals surface area contributed by atoms with Gasteiger partial charge in [-0.3, -0.25) is 4.99 Å². The van der Waals surface area contributed by atoms with E-state index in [4.69, 9.17) is 16.3 Å². The summed E-state index contributed by atoms with van der Waals surface area (Å²) in [7, 11) is 1.64. The fraction of sp³-hybridized carbons (Fsp3) is 0.500. The average molecular weight is 254 g/mol. The Morgan fingerprint density at radius 3 is 2.53 bits per heavy atom. The third kappa shape index (κ3) is 3.22. The lowest BCUT2D eigenvalue weighted by molar-refractivity contribution is 0.414. The molecular weight excluding hydrogens is 234 g/mol. The monoisotopic (exact) mass is 253 g/mol. The standard InChI is InChI=1S/C14H20ClNO/c1-6-16-10(4)12-7-13(15)14(17-5)8-11(12)9(2)3/h7-9H,6H2,1-5H3. The topological polar surface area (TPSA) is 21.6 Å². The molecular formula is C14H20ClNO. The normalized spacial score (nSPS) is 12.1. The van der Waals surface area contributed by atoms with E-state index < -0.39 is 0 Å². The highest BCUT2D eigenvalue weighted by Crippen LogP contribution is 2.32. The van der Waals surface area contributed by atoms with E-state index in [1.165, 1.54) is 5.56 Å². The van der Waals surface area contributed by atoms with Crippen molar-refractivity contribution in [3.8, 4) is 5.75 Å². The van der Waals surface area contributed by atoms with Crippen LogP contribution in [0.25, 0.3) is 0 Å². The van der Waals surface area contributed by atoms with E-state index in [2.05, 4.69) is 18.8 Å². The van der Waals surface area contributed by atoms with Gasteiger partial charge in [0.15, 0.2) is 0 Å². The highest BCUT2D eigenvalue weighted by Gasteiger charge is 2.13. The second-order valence-electron chi connectivity index (χ2n) is 4.29. The molecule has 94 valence electrons. The summed E-state index contributed by atoms with van der Waals surface area (Å²) in [6.45, 7) is 9.15. The van der Waals surface area contributed by atoms with Crippen molar-refractivity contribution in [2.45, 2.75) is 33.6 Å². The molecule has 0 fully saturated rings. The molecule has 0 aromatic heterocycles. The van der Waals surface area contributed by atoms with Gasteiger partial charge >= 0.3 is 0 Å². The smallest absolute Gasteiger partial charge is 0.137 e. The van der Waals surface area contributed by atoms with Gasteiger partial charge in [0.25, 0.3) is 0 Å². The molecule has 0 aliphatic heterocycles. The van der Waals surface area contributed by atoms with Gasteiger partial charge in [-0.05, 0) is 37.5 Å². The highest BCUT2D eigenvalue weighted by molar-refractivity contribution is 6.32. The molecule has 0 radical (unpaired) electrons. The molecule has 0 atom stereocenters. The first kappa shape index (κ1) is 14.0. The third-order valence-corrected chi connectivity index (χ3v) is 3.03. The second kappa shape index (κ2) is 6.06. The lowest BCUT2D eigenvalue weighted by Crippen LogP contribution is -2.04. The van der Waals surface area contributed by atoms with Crippen LogP contribution in [0.4, 0.5) is 0 Å². The first-order chi connectivity index (χ1) is 8.01. The van der Waals surface area contributed by atoms with Crippen molar-refractivity contribution in [3.63, 3.8) is 0 Å². The van der Waals surface area contributed by atoms with Crippen molar-refractivity contribution in [2.24, 2.45) is 4.99 Å². The molecule has 0 aliphatic rings. The number of methoxy groups -OCH3 is 1. The van der Waals surface area contributed by atoms with Crippen LogP contribution in [0.1, 0.15) is 44.7 Å². The molecule has 0 spiro atoms. The zero-order valence-electron chi connectivity index (χ0n) is 11.2. The van der Waals surface area contributed by atoms with Crippen LogP contribution in [0.5, 0.6) is 5.75 Å². The molecule has 0 bridgehead atoms. The molecule has 3 heteroatoms. The number of nitrogens with zero attached hydrogens (tertiary/aromatic N) is 1. The van der Waals surface area contributed by atoms with E-state index >= 15 is 0 Å². The van der Waals surface area contributed by atoms with Gasteiger partial charge in [-0.1, -0.05) is 25.4 Å². The Morgan fingerprint density at radius 2 is 2.06 bits per heavy atom. The first-order valence-electron chi connectivity index (χ1n) is 5.90. The van der Waals surface area contributed by atoms with Crippen LogP contribution in [-0.2, 0) is 0 Å². The summed E-state index contributed by atoms with van der Waals surface area (Å²) < 4.78 is 5.26. The van der Waals surface area contributed by atoms with Crippen LogP contribution in [0.15, 0.2) is 17.1 Å². The van der Waals surface area contributed by atoms with Gasteiger partial charge in [-0.25, -0.2) is 0 Å². The zero-order valence-corrected chi connectivity index (χ0v) is 11.9. The molecule has 0 saturated heterocycles. The van der Waals surface area contributed by atoms with Gasteiger partial charge in [-0.15, -0.1) is 0 Å². The molecule has 0 saturated carbocycles. The van der Waals surface area contributed by atoms with Crippen LogP contribution < -0.4 is 4.74 Å². The second-order valence-corrected chi connectivity index (χ2v) is 4.70. The molecule has 17 heavy (non-hydrogen) atoms. The quantitative estimate of drug-likeness (QED) is 0.733. The van der Waals surface area contributed by atoms with Gasteiger partial charge in [0.05, 0.1) is 12.1 Å². The van der Waals surface area contributed by atoms with E-state index in [9.17, 15) is 0 Å². The maximum atomic E-state index is 6.17. The molecule has 1 aromatic rings. The maximum Gasteiger partial charge on any atom is 0.137 e. The molecule has 0 unspecified atom stereocenters. The lowest BCUT2D eigenvalue weighted by Gasteiger charge is -2.15. The predicted octanol–water partition coefficient (Wildman–Crippen LogP) is 4.30. The minimum Gasteiger partial charge on any atom is -0.495 e. The van der Waals surface area contributed by atoms with Crippen molar-refractivity contribution >= 4 is 17.3 Å². The molecule has 2 nitrogen and oxygen atoms in total. The SMILES string of the molecule is CCN=C(C)c1cc(Cl)c(OC)cc1C(C)C. The summed E-state index contributed by atoms with van der Waals surface area (Å²) in [5.74, 6) is 1.14. The van der Waals surface area contributed by atoms with Crippen molar-refractivity contribution in [2.75, 3.05) is 13.7 Å². The number of ether oxygens (including phenoxy) is 1. The fourth-order valence-electron chi connectivity index (χ4n) is 1.84. The number of rotatable bonds is 4. The Hall–Kier alpha value is -1.02. The molecule has 0 heterocycles. The van der Waals surface area contributed by atoms with Crippen molar-refractivity contribution in [1.29, 1.82) is 0 Å². The largest absolute Gasteiger partial charge is 0.495 e. The Bertz CT molecular complexity index is 424. The summed E-state index contributed by atoms with van der Waals surface area (Å²) in [4.78, 5) is 4.45. The summed E-state index contributed by atoms with van der Waals surface area (Å²) in [5.41, 5.74) is 3.37. The van der Waals surface area contributed by atoms with E-state index in [1.54, 1.807) is 7.11 Å². The van der Waals surface area contributed by atoms with Gasteiger partial charge in [-0.2, -0.15) is 0 Å². The van der Waals surface area contributed by atoms with Gasteiger partial charge in [0.2, 0.25) is 0 Å². The molecule has 0 amide bonds. The third-order valence-electron chi connectivity index (χ3n) is 2.73. The average Bonchev–Trinajstić information content (AvgIpc) is 2.28. The molecule has 1 aromatic carbocycles. The zero-order chi connectivity index (χ0) is 13.0. The number of aliphatic imine (C=N–C) groups is 1. The number of halogens is 1. The summed E-state index contributed by atoms with van der Waals surface area (Å²) >= 11 is 6.17. The number of hydrogen-bond acceptors (Lipinski definition) is 2. The van der Waals surface area contributed by atoms with Crippen LogP contribution in [-0.4, -0.2) is 19.4 Å². The minimum atomic E-state index is 0.415. The lowest BCUT2D eigenvalue weighted by atomic mass is 9.94. The minimum absolute atomic E-state index is 0.415. The Morgan fingerprint density at radius 1 is 1.41 bits per heavy atom. The summed E-state index contributed by atoms with van der Waals surface area (Å²) in [6.07, 6.45) is 0. The number of benzene rings is 1. The highest BCUT2D eigenvalue weighted by atomic mass is 35.5. The predicted molar refractivity (Wildman–Crippen MR) is 74.8 cm³/mol. The Kier molecular flexibility index (Phi) is 5.01. The van der Waals surface area contributed by atoms with Crippen molar-refractivity contribution in [3.05, 3.63) is 28.3 Å². The Labute approximate surface area is 109 Å². The first-order valence-corrected chi connectivity index (χ1v) is 6.27. The molecule has 0 N–H and O–H groups in total. The maximum absolute atomic E-state index is 6.17. The summed E-state index contributed by atoms with van der Waals surface area (Å²) in [5, 5.41) is 0.637. The van der Waals surface area contributed by atoms with Gasteiger partial charge in [0.1, 0.15) is 5.75 Å². The van der Waals surface area contributed by atoms with Crippen molar-refractivity contribution < 1.29 is 4.74 Å². The summed E-state index contributed by atoms with van der Waals surface area (Å²) in [6, 6.07) is 3.96. The van der Waals surface area contributed by atoms with E-state index in [0.717, 1.165) is 23.6 Å². The van der Waals surface area contributed by atoms with Gasteiger partial charge in [0, 0.05) is 17.8 Å². The molecule has 0 aliphatic carbocycles. The van der Waals surface area contributed by atoms with E-state index in [1.807, 2.05) is 26.0 Å². The number of hydrogen-bond donors (Lipinski definition) is 0. The Balaban J connectivity index is 3.38. The molecule has 1 rings (SSSR count). The van der Waals surface area contributed by atoms with Crippen LogP contribution in [0, 0.1) is 0 Å².